The molecule has 1 saturated carbocycles. The minimum atomic E-state index is -0.0623. The first-order valence-electron chi connectivity index (χ1n) is 13.9. The molecule has 39 heavy (non-hydrogen) atoms. The average Bonchev–Trinajstić information content (AvgIpc) is 3.65. The number of tetrazole rings is 1. The highest BCUT2D eigenvalue weighted by molar-refractivity contribution is 5.79. The van der Waals surface area contributed by atoms with Crippen LogP contribution in [0.3, 0.4) is 0 Å². The Morgan fingerprint density at radius 2 is 1.87 bits per heavy atom. The molecule has 1 unspecified atom stereocenters. The van der Waals surface area contributed by atoms with Crippen molar-refractivity contribution < 1.29 is 9.47 Å². The molecule has 2 aromatic heterocycles. The van der Waals surface area contributed by atoms with Gasteiger partial charge in [-0.05, 0) is 84.3 Å². The molecule has 1 aliphatic rings. The quantitative estimate of drug-likeness (QED) is 0.286. The highest BCUT2D eigenvalue weighted by Gasteiger charge is 2.29. The van der Waals surface area contributed by atoms with Gasteiger partial charge in [-0.2, -0.15) is 0 Å². The normalized spacial score (nSPS) is 14.8. The van der Waals surface area contributed by atoms with Gasteiger partial charge in [0.15, 0.2) is 17.3 Å². The van der Waals surface area contributed by atoms with Crippen molar-refractivity contribution in [2.45, 2.75) is 71.0 Å². The number of aromatic nitrogens is 5. The van der Waals surface area contributed by atoms with Crippen LogP contribution >= 0.6 is 0 Å². The molecule has 2 heterocycles. The SMILES string of the molecule is CCC(c1nnnn1C1CCCC1)N(CCc1ccc(OC)c(OC)c1)Cc1cc2cc(C)ccc2[nH]c1=O. The summed E-state index contributed by atoms with van der Waals surface area (Å²) in [5, 5.41) is 14.1. The van der Waals surface area contributed by atoms with Crippen LogP contribution in [0.15, 0.2) is 47.3 Å². The molecule has 0 bridgehead atoms. The number of rotatable bonds is 11. The minimum Gasteiger partial charge on any atom is -0.493 e. The molecule has 1 fully saturated rings. The van der Waals surface area contributed by atoms with Crippen molar-refractivity contribution in [3.8, 4) is 11.5 Å². The maximum Gasteiger partial charge on any atom is 0.252 e. The van der Waals surface area contributed by atoms with E-state index in [0.29, 0.717) is 24.1 Å². The summed E-state index contributed by atoms with van der Waals surface area (Å²) in [6, 6.07) is 14.4. The molecule has 2 aromatic carbocycles. The number of methoxy groups -OCH3 is 2. The van der Waals surface area contributed by atoms with Crippen molar-refractivity contribution in [1.82, 2.24) is 30.1 Å². The number of aryl methyl sites for hydroxylation is 1. The van der Waals surface area contributed by atoms with Crippen LogP contribution in [0.5, 0.6) is 11.5 Å². The monoisotopic (exact) mass is 530 g/mol. The van der Waals surface area contributed by atoms with E-state index in [-0.39, 0.29) is 11.6 Å². The summed E-state index contributed by atoms with van der Waals surface area (Å²) >= 11 is 0. The number of nitrogens with zero attached hydrogens (tertiary/aromatic N) is 5. The lowest BCUT2D eigenvalue weighted by Crippen LogP contribution is -2.34. The number of pyridine rings is 1. The molecule has 9 nitrogen and oxygen atoms in total. The van der Waals surface area contributed by atoms with Crippen molar-refractivity contribution in [3.05, 3.63) is 75.3 Å². The molecule has 206 valence electrons. The molecule has 1 atom stereocenters. The van der Waals surface area contributed by atoms with Crippen LogP contribution in [-0.4, -0.2) is 50.9 Å². The summed E-state index contributed by atoms with van der Waals surface area (Å²) in [6.07, 6.45) is 6.20. The molecule has 0 radical (unpaired) electrons. The Bertz CT molecular complexity index is 1470. The number of hydrogen-bond acceptors (Lipinski definition) is 7. The first-order valence-corrected chi connectivity index (χ1v) is 13.9. The standard InChI is InChI=1S/C30H38N6O3/c1-5-26(29-32-33-34-36(29)24-8-6-7-9-24)35(15-14-21-11-13-27(38-3)28(17-21)39-4)19-23-18-22-16-20(2)10-12-25(22)31-30(23)37/h10-13,16-18,24,26H,5-9,14-15,19H2,1-4H3,(H,31,37). The number of H-pyrrole nitrogens is 1. The van der Waals surface area contributed by atoms with Crippen molar-refractivity contribution >= 4 is 10.9 Å². The van der Waals surface area contributed by atoms with Crippen molar-refractivity contribution in [2.24, 2.45) is 0 Å². The zero-order valence-corrected chi connectivity index (χ0v) is 23.3. The third-order valence-corrected chi connectivity index (χ3v) is 7.90. The van der Waals surface area contributed by atoms with Gasteiger partial charge in [0.25, 0.3) is 5.56 Å². The Kier molecular flexibility index (Phi) is 8.26. The first-order chi connectivity index (χ1) is 19.0. The lowest BCUT2D eigenvalue weighted by molar-refractivity contribution is 0.169. The second kappa shape index (κ2) is 12.0. The fourth-order valence-electron chi connectivity index (χ4n) is 5.79. The maximum absolute atomic E-state index is 13.2. The topological polar surface area (TPSA) is 98.2 Å². The molecule has 1 N–H and O–H groups in total. The van der Waals surface area contributed by atoms with Gasteiger partial charge in [0.1, 0.15) is 0 Å². The fraction of sp³-hybridized carbons (Fsp3) is 0.467. The Morgan fingerprint density at radius 1 is 1.08 bits per heavy atom. The lowest BCUT2D eigenvalue weighted by Gasteiger charge is -2.31. The van der Waals surface area contributed by atoms with Crippen LogP contribution < -0.4 is 15.0 Å². The van der Waals surface area contributed by atoms with E-state index in [4.69, 9.17) is 9.47 Å². The van der Waals surface area contributed by atoms with E-state index in [0.717, 1.165) is 65.6 Å². The zero-order chi connectivity index (χ0) is 27.4. The molecular formula is C30H38N6O3. The van der Waals surface area contributed by atoms with Gasteiger partial charge in [-0.25, -0.2) is 4.68 Å². The number of benzene rings is 2. The smallest absolute Gasteiger partial charge is 0.252 e. The fourth-order valence-corrected chi connectivity index (χ4v) is 5.79. The molecule has 0 spiro atoms. The van der Waals surface area contributed by atoms with E-state index in [1.807, 2.05) is 35.0 Å². The largest absolute Gasteiger partial charge is 0.493 e. The van der Waals surface area contributed by atoms with E-state index in [1.54, 1.807) is 14.2 Å². The maximum atomic E-state index is 13.2. The average molecular weight is 531 g/mol. The predicted octanol–water partition coefficient (Wildman–Crippen LogP) is 5.15. The third-order valence-electron chi connectivity index (χ3n) is 7.90. The molecule has 5 rings (SSSR count). The predicted molar refractivity (Wildman–Crippen MR) is 151 cm³/mol. The Balaban J connectivity index is 1.49. The van der Waals surface area contributed by atoms with Gasteiger partial charge < -0.3 is 14.5 Å². The highest BCUT2D eigenvalue weighted by atomic mass is 16.5. The van der Waals surface area contributed by atoms with Gasteiger partial charge in [-0.1, -0.05) is 37.5 Å². The second-order valence-corrected chi connectivity index (χ2v) is 10.5. The molecule has 0 amide bonds. The van der Waals surface area contributed by atoms with Crippen LogP contribution in [0, 0.1) is 6.92 Å². The summed E-state index contributed by atoms with van der Waals surface area (Å²) in [6.45, 7) is 5.44. The molecule has 1 aliphatic carbocycles. The molecule has 0 aliphatic heterocycles. The van der Waals surface area contributed by atoms with Crippen LogP contribution in [-0.2, 0) is 13.0 Å². The van der Waals surface area contributed by atoms with Gasteiger partial charge >= 0.3 is 0 Å². The van der Waals surface area contributed by atoms with Crippen molar-refractivity contribution in [1.29, 1.82) is 0 Å². The number of ether oxygens (including phenoxy) is 2. The first kappa shape index (κ1) is 26.9. The summed E-state index contributed by atoms with van der Waals surface area (Å²) in [5.74, 6) is 2.29. The summed E-state index contributed by atoms with van der Waals surface area (Å²) in [7, 11) is 3.29. The molecular weight excluding hydrogens is 492 g/mol. The Hall–Kier alpha value is -3.72. The van der Waals surface area contributed by atoms with Gasteiger partial charge in [0.05, 0.1) is 26.3 Å². The van der Waals surface area contributed by atoms with Crippen LogP contribution in [0.2, 0.25) is 0 Å². The van der Waals surface area contributed by atoms with E-state index in [1.165, 1.54) is 12.8 Å². The zero-order valence-electron chi connectivity index (χ0n) is 23.3. The highest BCUT2D eigenvalue weighted by Crippen LogP contribution is 2.33. The van der Waals surface area contributed by atoms with E-state index in [2.05, 4.69) is 51.4 Å². The number of fused-ring (bicyclic) bond motifs is 1. The molecule has 4 aromatic rings. The second-order valence-electron chi connectivity index (χ2n) is 10.5. The van der Waals surface area contributed by atoms with E-state index >= 15 is 0 Å². The Morgan fingerprint density at radius 3 is 2.62 bits per heavy atom. The third kappa shape index (κ3) is 5.83. The van der Waals surface area contributed by atoms with E-state index in [9.17, 15) is 4.79 Å². The van der Waals surface area contributed by atoms with Gasteiger partial charge in [0.2, 0.25) is 0 Å². The number of nitrogens with one attached hydrogen (secondary N) is 1. The van der Waals surface area contributed by atoms with E-state index < -0.39 is 0 Å². The van der Waals surface area contributed by atoms with Crippen LogP contribution in [0.4, 0.5) is 0 Å². The summed E-state index contributed by atoms with van der Waals surface area (Å²) in [5.41, 5.74) is 3.81. The lowest BCUT2D eigenvalue weighted by atomic mass is 10.1. The van der Waals surface area contributed by atoms with Crippen LogP contribution in [0.25, 0.3) is 10.9 Å². The molecule has 9 heteroatoms. The van der Waals surface area contributed by atoms with Crippen molar-refractivity contribution in [3.63, 3.8) is 0 Å². The minimum absolute atomic E-state index is 0.0339. The van der Waals surface area contributed by atoms with Gasteiger partial charge in [-0.15, -0.1) is 5.10 Å². The van der Waals surface area contributed by atoms with Gasteiger partial charge in [0, 0.05) is 24.2 Å². The number of hydrogen-bond donors (Lipinski definition) is 1. The number of aromatic amines is 1. The van der Waals surface area contributed by atoms with Gasteiger partial charge in [-0.3, -0.25) is 9.69 Å². The summed E-state index contributed by atoms with van der Waals surface area (Å²) in [4.78, 5) is 18.6. The summed E-state index contributed by atoms with van der Waals surface area (Å²) < 4.78 is 13.0. The van der Waals surface area contributed by atoms with Crippen LogP contribution in [0.1, 0.15) is 73.6 Å². The van der Waals surface area contributed by atoms with Crippen molar-refractivity contribution in [2.75, 3.05) is 20.8 Å². The Labute approximate surface area is 229 Å². The molecule has 0 saturated heterocycles.